The van der Waals surface area contributed by atoms with Crippen molar-refractivity contribution in [2.75, 3.05) is 10.6 Å². The van der Waals surface area contributed by atoms with E-state index in [9.17, 15) is 35.9 Å². The Balaban J connectivity index is 1.31. The second kappa shape index (κ2) is 12.8. The van der Waals surface area contributed by atoms with Crippen LogP contribution in [0.1, 0.15) is 27.2 Å². The van der Waals surface area contributed by atoms with Crippen molar-refractivity contribution in [1.82, 2.24) is 10.4 Å². The van der Waals surface area contributed by atoms with Crippen LogP contribution in [0.5, 0.6) is 11.5 Å². The summed E-state index contributed by atoms with van der Waals surface area (Å²) in [6, 6.07) is 15.1. The molecule has 3 N–H and O–H groups in total. The maximum Gasteiger partial charge on any atom is 0.417 e. The highest BCUT2D eigenvalue weighted by Crippen LogP contribution is 2.36. The number of carbonyl (C=O) groups excluding carboxylic acids is 2. The molecule has 0 radical (unpaired) electrons. The van der Waals surface area contributed by atoms with Crippen LogP contribution in [0.15, 0.2) is 90.2 Å². The molecule has 15 heteroatoms. The molecule has 3 amide bonds. The highest BCUT2D eigenvalue weighted by Gasteiger charge is 2.33. The predicted octanol–water partition coefficient (Wildman–Crippen LogP) is 7.97. The van der Waals surface area contributed by atoms with Crippen molar-refractivity contribution in [3.05, 3.63) is 112 Å². The maximum absolute atomic E-state index is 13.0. The van der Waals surface area contributed by atoms with E-state index in [1.807, 2.05) is 0 Å². The lowest BCUT2D eigenvalue weighted by Crippen LogP contribution is -2.19. The highest BCUT2D eigenvalue weighted by atomic mass is 35.5. The molecular formula is C28H18ClF6N5O3. The molecule has 8 nitrogen and oxygen atoms in total. The number of hydrogen-bond acceptors (Lipinski definition) is 5. The van der Waals surface area contributed by atoms with Crippen LogP contribution in [0.2, 0.25) is 5.02 Å². The third kappa shape index (κ3) is 8.69. The summed E-state index contributed by atoms with van der Waals surface area (Å²) < 4.78 is 82.8. The first-order chi connectivity index (χ1) is 20.3. The van der Waals surface area contributed by atoms with Crippen molar-refractivity contribution in [3.63, 3.8) is 0 Å². The van der Waals surface area contributed by atoms with Crippen LogP contribution in [0.25, 0.3) is 0 Å². The number of urea groups is 1. The van der Waals surface area contributed by atoms with Crippen molar-refractivity contribution < 1.29 is 40.7 Å². The Labute approximate surface area is 244 Å². The summed E-state index contributed by atoms with van der Waals surface area (Å²) in [5, 5.41) is 7.99. The van der Waals surface area contributed by atoms with E-state index in [0.717, 1.165) is 18.2 Å². The smallest absolute Gasteiger partial charge is 0.417 e. The lowest BCUT2D eigenvalue weighted by molar-refractivity contribution is -0.138. The molecule has 0 unspecified atom stereocenters. The van der Waals surface area contributed by atoms with Gasteiger partial charge in [-0.25, -0.2) is 10.2 Å². The summed E-state index contributed by atoms with van der Waals surface area (Å²) in [4.78, 5) is 28.6. The predicted molar refractivity (Wildman–Crippen MR) is 146 cm³/mol. The zero-order chi connectivity index (χ0) is 31.2. The number of hydrazone groups is 1. The Kier molecular flexibility index (Phi) is 9.19. The molecular weight excluding hydrogens is 604 g/mol. The first-order valence-electron chi connectivity index (χ1n) is 12.0. The van der Waals surface area contributed by atoms with Gasteiger partial charge in [0.1, 0.15) is 17.2 Å². The number of amides is 3. The summed E-state index contributed by atoms with van der Waals surface area (Å²) in [6.45, 7) is 0. The summed E-state index contributed by atoms with van der Waals surface area (Å²) in [5.74, 6) is -0.160. The molecule has 0 aliphatic rings. The fourth-order valence-electron chi connectivity index (χ4n) is 3.44. The number of aromatic nitrogens is 1. The lowest BCUT2D eigenvalue weighted by Gasteiger charge is -2.12. The third-order valence-electron chi connectivity index (χ3n) is 5.46. The first kappa shape index (κ1) is 30.8. The zero-order valence-corrected chi connectivity index (χ0v) is 22.2. The van der Waals surface area contributed by atoms with E-state index in [4.69, 9.17) is 16.3 Å². The summed E-state index contributed by atoms with van der Waals surface area (Å²) in [7, 11) is 0. The Morgan fingerprint density at radius 1 is 0.791 bits per heavy atom. The number of nitrogens with zero attached hydrogens (tertiary/aromatic N) is 2. The second-order valence-electron chi connectivity index (χ2n) is 8.59. The van der Waals surface area contributed by atoms with E-state index in [1.165, 1.54) is 67.0 Å². The number of nitrogens with one attached hydrogen (secondary N) is 3. The maximum atomic E-state index is 13.0. The quantitative estimate of drug-likeness (QED) is 0.111. The normalized spacial score (nSPS) is 11.7. The van der Waals surface area contributed by atoms with Crippen molar-refractivity contribution in [2.45, 2.75) is 12.4 Å². The Hall–Kier alpha value is -5.11. The summed E-state index contributed by atoms with van der Waals surface area (Å²) in [6.07, 6.45) is -6.67. The molecule has 3 aromatic carbocycles. The van der Waals surface area contributed by atoms with Crippen molar-refractivity contribution in [3.8, 4) is 11.5 Å². The molecule has 1 heterocycles. The molecule has 4 aromatic rings. The van der Waals surface area contributed by atoms with E-state index in [-0.39, 0.29) is 17.1 Å². The number of rotatable bonds is 7. The van der Waals surface area contributed by atoms with Gasteiger partial charge in [-0.05, 0) is 66.2 Å². The average Bonchev–Trinajstić information content (AvgIpc) is 2.94. The van der Waals surface area contributed by atoms with Crippen LogP contribution < -0.4 is 20.8 Å². The largest absolute Gasteiger partial charge is 0.457 e. The number of alkyl halides is 6. The van der Waals surface area contributed by atoms with Gasteiger partial charge in [-0.1, -0.05) is 23.7 Å². The van der Waals surface area contributed by atoms with Crippen LogP contribution in [-0.4, -0.2) is 23.1 Å². The molecule has 0 fully saturated rings. The monoisotopic (exact) mass is 621 g/mol. The van der Waals surface area contributed by atoms with Crippen LogP contribution in [0.3, 0.4) is 0 Å². The molecule has 43 heavy (non-hydrogen) atoms. The lowest BCUT2D eigenvalue weighted by atomic mass is 10.1. The van der Waals surface area contributed by atoms with E-state index >= 15 is 0 Å². The number of anilines is 2. The van der Waals surface area contributed by atoms with Gasteiger partial charge in [-0.3, -0.25) is 9.78 Å². The fraction of sp³-hybridized carbons (Fsp3) is 0.0714. The topological polar surface area (TPSA) is 105 Å². The third-order valence-corrected chi connectivity index (χ3v) is 5.79. The van der Waals surface area contributed by atoms with Crippen LogP contribution in [-0.2, 0) is 12.4 Å². The van der Waals surface area contributed by atoms with E-state index in [2.05, 4.69) is 26.1 Å². The molecule has 0 atom stereocenters. The molecule has 0 spiro atoms. The molecule has 0 saturated carbocycles. The van der Waals surface area contributed by atoms with E-state index in [0.29, 0.717) is 23.1 Å². The Morgan fingerprint density at radius 3 is 2.09 bits per heavy atom. The van der Waals surface area contributed by atoms with Crippen LogP contribution >= 0.6 is 11.6 Å². The summed E-state index contributed by atoms with van der Waals surface area (Å²) >= 11 is 5.58. The molecule has 1 aromatic heterocycles. The first-order valence-corrected chi connectivity index (χ1v) is 12.3. The minimum absolute atomic E-state index is 0.0621. The van der Waals surface area contributed by atoms with Crippen LogP contribution in [0.4, 0.5) is 42.5 Å². The van der Waals surface area contributed by atoms with Crippen molar-refractivity contribution in [1.29, 1.82) is 0 Å². The molecule has 0 saturated heterocycles. The van der Waals surface area contributed by atoms with Gasteiger partial charge in [0.2, 0.25) is 0 Å². The minimum Gasteiger partial charge on any atom is -0.457 e. The standard InChI is InChI=1S/C28H18ClF6N5O3/c29-23-10-7-19(13-22(23)28(33,34)35)39-26(42)38-18-5-8-20(9-6-18)43-21-11-12-36-24(14-21)25(41)40-37-15-16-1-3-17(4-2-16)27(30,31)32/h1-15H,(H,40,41)(H2,38,39,42). The van der Waals surface area contributed by atoms with Gasteiger partial charge in [0.05, 0.1) is 22.4 Å². The number of benzene rings is 3. The molecule has 0 aliphatic heterocycles. The zero-order valence-electron chi connectivity index (χ0n) is 21.4. The number of carbonyl (C=O) groups is 2. The Morgan fingerprint density at radius 2 is 1.44 bits per heavy atom. The molecule has 4 rings (SSSR count). The van der Waals surface area contributed by atoms with E-state index in [1.54, 1.807) is 0 Å². The number of ether oxygens (including phenoxy) is 1. The average molecular weight is 622 g/mol. The van der Waals surface area contributed by atoms with Crippen molar-refractivity contribution >= 4 is 41.1 Å². The summed E-state index contributed by atoms with van der Waals surface area (Å²) in [5.41, 5.74) is 0.774. The minimum atomic E-state index is -4.69. The molecule has 0 bridgehead atoms. The van der Waals surface area contributed by atoms with Gasteiger partial charge in [0, 0.05) is 23.6 Å². The van der Waals surface area contributed by atoms with Gasteiger partial charge < -0.3 is 15.4 Å². The van der Waals surface area contributed by atoms with E-state index < -0.39 is 40.4 Å². The SMILES string of the molecule is O=C(Nc1ccc(Oc2ccnc(C(=O)NN=Cc3ccc(C(F)(F)F)cc3)c2)cc1)Nc1ccc(Cl)c(C(F)(F)F)c1. The van der Waals surface area contributed by atoms with Crippen molar-refractivity contribution in [2.24, 2.45) is 5.10 Å². The number of hydrogen-bond donors (Lipinski definition) is 3. The number of pyridine rings is 1. The highest BCUT2D eigenvalue weighted by molar-refractivity contribution is 6.31. The van der Waals surface area contributed by atoms with Gasteiger partial charge in [0.25, 0.3) is 5.91 Å². The fourth-order valence-corrected chi connectivity index (χ4v) is 3.66. The van der Waals surface area contributed by atoms with Gasteiger partial charge in [-0.15, -0.1) is 0 Å². The second-order valence-corrected chi connectivity index (χ2v) is 9.00. The molecule has 222 valence electrons. The van der Waals surface area contributed by atoms with Gasteiger partial charge >= 0.3 is 18.4 Å². The molecule has 0 aliphatic carbocycles. The van der Waals surface area contributed by atoms with Gasteiger partial charge in [-0.2, -0.15) is 31.4 Å². The van der Waals surface area contributed by atoms with Crippen LogP contribution in [0, 0.1) is 0 Å². The number of halogens is 7. The van der Waals surface area contributed by atoms with Gasteiger partial charge in [0.15, 0.2) is 0 Å². The Bertz CT molecular complexity index is 1640.